The highest BCUT2D eigenvalue weighted by molar-refractivity contribution is 5.54. The summed E-state index contributed by atoms with van der Waals surface area (Å²) in [5.41, 5.74) is 0. The highest BCUT2D eigenvalue weighted by Gasteiger charge is 2.16. The van der Waals surface area contributed by atoms with Gasteiger partial charge in [0, 0.05) is 5.92 Å². The third-order valence-electron chi connectivity index (χ3n) is 1.99. The topological polar surface area (TPSA) is 17.1 Å². The molecule has 0 amide bonds. The van der Waals surface area contributed by atoms with Crippen molar-refractivity contribution in [2.24, 2.45) is 11.8 Å². The first kappa shape index (κ1) is 6.53. The zero-order valence-electron chi connectivity index (χ0n) is 5.71. The Morgan fingerprint density at radius 1 is 1.44 bits per heavy atom. The highest BCUT2D eigenvalue weighted by Crippen LogP contribution is 2.22. The number of allylic oxidation sites excluding steroid dienone is 2. The van der Waals surface area contributed by atoms with Gasteiger partial charge < -0.3 is 4.79 Å². The van der Waals surface area contributed by atoms with Gasteiger partial charge in [-0.15, -0.1) is 0 Å². The van der Waals surface area contributed by atoms with E-state index in [4.69, 9.17) is 0 Å². The van der Waals surface area contributed by atoms with Crippen molar-refractivity contribution in [3.05, 3.63) is 12.2 Å². The van der Waals surface area contributed by atoms with Crippen LogP contribution in [-0.2, 0) is 4.79 Å². The van der Waals surface area contributed by atoms with E-state index in [9.17, 15) is 4.79 Å². The summed E-state index contributed by atoms with van der Waals surface area (Å²) < 4.78 is 0. The maximum Gasteiger partial charge on any atom is 0.123 e. The molecule has 1 rings (SSSR count). The smallest absolute Gasteiger partial charge is 0.123 e. The van der Waals surface area contributed by atoms with E-state index in [0.717, 1.165) is 19.1 Å². The first-order chi connectivity index (χ1) is 4.34. The van der Waals surface area contributed by atoms with Gasteiger partial charge >= 0.3 is 0 Å². The van der Waals surface area contributed by atoms with E-state index in [2.05, 4.69) is 19.1 Å². The molecule has 50 valence electrons. The summed E-state index contributed by atoms with van der Waals surface area (Å²) >= 11 is 0. The number of hydrogen-bond donors (Lipinski definition) is 0. The number of rotatable bonds is 1. The van der Waals surface area contributed by atoms with Gasteiger partial charge in [-0.25, -0.2) is 0 Å². The highest BCUT2D eigenvalue weighted by atomic mass is 16.1. The van der Waals surface area contributed by atoms with Gasteiger partial charge in [0.1, 0.15) is 6.29 Å². The van der Waals surface area contributed by atoms with E-state index in [1.54, 1.807) is 0 Å². The van der Waals surface area contributed by atoms with Crippen LogP contribution in [0.3, 0.4) is 0 Å². The van der Waals surface area contributed by atoms with Crippen LogP contribution in [0.15, 0.2) is 12.2 Å². The van der Waals surface area contributed by atoms with Crippen LogP contribution >= 0.6 is 0 Å². The molecule has 0 aliphatic heterocycles. The molecule has 0 unspecified atom stereocenters. The molecular weight excluding hydrogens is 112 g/mol. The lowest BCUT2D eigenvalue weighted by atomic mass is 9.86. The van der Waals surface area contributed by atoms with Gasteiger partial charge in [-0.2, -0.15) is 0 Å². The lowest BCUT2D eigenvalue weighted by Gasteiger charge is -2.18. The monoisotopic (exact) mass is 124 g/mol. The Labute approximate surface area is 55.8 Å². The zero-order valence-corrected chi connectivity index (χ0v) is 5.71. The van der Waals surface area contributed by atoms with E-state index in [0.29, 0.717) is 5.92 Å². The standard InChI is InChI=1S/C8H12O/c1-7-4-2-3-5-8(7)6-9/h2-3,6-8H,4-5H2,1H3/t7-,8+/m1/s1. The molecule has 0 radical (unpaired) electrons. The van der Waals surface area contributed by atoms with Crippen LogP contribution in [0, 0.1) is 11.8 Å². The minimum absolute atomic E-state index is 0.287. The Balaban J connectivity index is 2.52. The maximum atomic E-state index is 10.3. The van der Waals surface area contributed by atoms with Crippen molar-refractivity contribution >= 4 is 6.29 Å². The predicted molar refractivity (Wildman–Crippen MR) is 37.1 cm³/mol. The fourth-order valence-electron chi connectivity index (χ4n) is 1.16. The van der Waals surface area contributed by atoms with E-state index < -0.39 is 0 Å². The SMILES string of the molecule is C[C@@H]1CC=CC[C@H]1C=O. The third kappa shape index (κ3) is 1.41. The molecule has 0 bridgehead atoms. The Hall–Kier alpha value is -0.590. The van der Waals surface area contributed by atoms with Crippen molar-refractivity contribution in [1.29, 1.82) is 0 Å². The van der Waals surface area contributed by atoms with Crippen molar-refractivity contribution in [3.63, 3.8) is 0 Å². The molecule has 0 heterocycles. The molecule has 0 aromatic heterocycles. The van der Waals surface area contributed by atoms with Crippen LogP contribution in [-0.4, -0.2) is 6.29 Å². The third-order valence-corrected chi connectivity index (χ3v) is 1.99. The Kier molecular flexibility index (Phi) is 2.04. The molecule has 1 heteroatoms. The summed E-state index contributed by atoms with van der Waals surface area (Å²) in [6.07, 6.45) is 7.35. The second-order valence-corrected chi connectivity index (χ2v) is 2.72. The fourth-order valence-corrected chi connectivity index (χ4v) is 1.16. The van der Waals surface area contributed by atoms with Gasteiger partial charge in [0.2, 0.25) is 0 Å². The molecule has 1 nitrogen and oxygen atoms in total. The second kappa shape index (κ2) is 2.81. The predicted octanol–water partition coefficient (Wildman–Crippen LogP) is 1.79. The van der Waals surface area contributed by atoms with Crippen molar-refractivity contribution in [3.8, 4) is 0 Å². The van der Waals surface area contributed by atoms with Crippen molar-refractivity contribution in [2.75, 3.05) is 0 Å². The van der Waals surface area contributed by atoms with Crippen LogP contribution in [0.25, 0.3) is 0 Å². The van der Waals surface area contributed by atoms with E-state index in [1.807, 2.05) is 0 Å². The Morgan fingerprint density at radius 3 is 2.56 bits per heavy atom. The van der Waals surface area contributed by atoms with Gasteiger partial charge in [0.05, 0.1) is 0 Å². The summed E-state index contributed by atoms with van der Waals surface area (Å²) in [5.74, 6) is 0.850. The Morgan fingerprint density at radius 2 is 2.11 bits per heavy atom. The number of carbonyl (C=O) groups excluding carboxylic acids is 1. The zero-order chi connectivity index (χ0) is 6.69. The van der Waals surface area contributed by atoms with Crippen LogP contribution in [0.5, 0.6) is 0 Å². The summed E-state index contributed by atoms with van der Waals surface area (Å²) in [5, 5.41) is 0. The van der Waals surface area contributed by atoms with Crippen molar-refractivity contribution < 1.29 is 4.79 Å². The average molecular weight is 124 g/mol. The minimum Gasteiger partial charge on any atom is -0.303 e. The van der Waals surface area contributed by atoms with Gasteiger partial charge in [-0.1, -0.05) is 19.1 Å². The maximum absolute atomic E-state index is 10.3. The summed E-state index contributed by atoms with van der Waals surface area (Å²) in [4.78, 5) is 10.3. The average Bonchev–Trinajstić information content (AvgIpc) is 1.89. The fraction of sp³-hybridized carbons (Fsp3) is 0.625. The summed E-state index contributed by atoms with van der Waals surface area (Å²) in [6.45, 7) is 2.13. The molecule has 2 atom stereocenters. The van der Waals surface area contributed by atoms with Crippen molar-refractivity contribution in [2.45, 2.75) is 19.8 Å². The molecule has 0 N–H and O–H groups in total. The van der Waals surface area contributed by atoms with E-state index >= 15 is 0 Å². The second-order valence-electron chi connectivity index (χ2n) is 2.72. The first-order valence-electron chi connectivity index (χ1n) is 3.45. The minimum atomic E-state index is 0.287. The lowest BCUT2D eigenvalue weighted by molar-refractivity contribution is -0.112. The van der Waals surface area contributed by atoms with Crippen LogP contribution in [0.4, 0.5) is 0 Å². The number of aldehydes is 1. The molecule has 0 saturated carbocycles. The van der Waals surface area contributed by atoms with Crippen molar-refractivity contribution in [1.82, 2.24) is 0 Å². The van der Waals surface area contributed by atoms with E-state index in [-0.39, 0.29) is 5.92 Å². The van der Waals surface area contributed by atoms with E-state index in [1.165, 1.54) is 0 Å². The molecule has 0 aromatic carbocycles. The molecule has 1 aliphatic carbocycles. The first-order valence-corrected chi connectivity index (χ1v) is 3.45. The van der Waals surface area contributed by atoms with Gasteiger partial charge in [0.15, 0.2) is 0 Å². The molecule has 0 spiro atoms. The van der Waals surface area contributed by atoms with Crippen LogP contribution < -0.4 is 0 Å². The quantitative estimate of drug-likeness (QED) is 0.384. The van der Waals surface area contributed by atoms with Gasteiger partial charge in [-0.3, -0.25) is 0 Å². The van der Waals surface area contributed by atoms with Gasteiger partial charge in [0.25, 0.3) is 0 Å². The molecule has 9 heavy (non-hydrogen) atoms. The lowest BCUT2D eigenvalue weighted by Crippen LogP contribution is -2.14. The molecule has 0 fully saturated rings. The normalized spacial score (nSPS) is 34.3. The number of carbonyl (C=O) groups is 1. The van der Waals surface area contributed by atoms with Gasteiger partial charge in [-0.05, 0) is 18.8 Å². The molecule has 0 aromatic rings. The molecule has 0 saturated heterocycles. The number of hydrogen-bond acceptors (Lipinski definition) is 1. The Bertz CT molecular complexity index is 127. The van der Waals surface area contributed by atoms with Crippen LogP contribution in [0.2, 0.25) is 0 Å². The molecule has 1 aliphatic rings. The summed E-state index contributed by atoms with van der Waals surface area (Å²) in [6, 6.07) is 0. The largest absolute Gasteiger partial charge is 0.303 e. The van der Waals surface area contributed by atoms with Crippen LogP contribution in [0.1, 0.15) is 19.8 Å². The summed E-state index contributed by atoms with van der Waals surface area (Å²) in [7, 11) is 0. The molecular formula is C8H12O.